The van der Waals surface area contributed by atoms with Gasteiger partial charge in [0.15, 0.2) is 0 Å². The molecule has 0 spiro atoms. The van der Waals surface area contributed by atoms with Crippen LogP contribution in [0.4, 0.5) is 0 Å². The average Bonchev–Trinajstić information content (AvgIpc) is 3.95. The van der Waals surface area contributed by atoms with Crippen LogP contribution in [0.15, 0.2) is 54.9 Å². The Hall–Kier alpha value is -5.84. The molecule has 6 heterocycles. The van der Waals surface area contributed by atoms with Crippen LogP contribution in [0.2, 0.25) is 0 Å². The quantitative estimate of drug-likeness (QED) is 0.132. The normalized spacial score (nSPS) is 22.5. The molecule has 0 aliphatic carbocycles. The van der Waals surface area contributed by atoms with Crippen molar-refractivity contribution in [2.24, 2.45) is 17.3 Å². The van der Waals surface area contributed by atoms with E-state index in [1.807, 2.05) is 38.2 Å². The minimum absolute atomic E-state index is 0.00202. The molecule has 8 rings (SSSR count). The van der Waals surface area contributed by atoms with E-state index in [-0.39, 0.29) is 55.6 Å². The van der Waals surface area contributed by atoms with Crippen LogP contribution < -0.4 is 16.1 Å². The number of ether oxygens (including phenoxy) is 2. The number of aromatic nitrogens is 2. The van der Waals surface area contributed by atoms with Crippen molar-refractivity contribution in [1.82, 2.24) is 40.4 Å². The topological polar surface area (TPSA) is 198 Å². The number of aryl methyl sites for hydroxylation is 1. The van der Waals surface area contributed by atoms with Crippen molar-refractivity contribution in [3.8, 4) is 28.1 Å². The van der Waals surface area contributed by atoms with Crippen LogP contribution in [0.1, 0.15) is 70.6 Å². The molecule has 66 heavy (non-hydrogen) atoms. The fourth-order valence-electron chi connectivity index (χ4n) is 10.2. The molecule has 2 aromatic carbocycles. The molecule has 3 saturated heterocycles. The number of phenols is 1. The third kappa shape index (κ3) is 9.67. The number of cyclic esters (lactones) is 1. The van der Waals surface area contributed by atoms with Crippen molar-refractivity contribution < 1.29 is 38.6 Å². The van der Waals surface area contributed by atoms with Crippen LogP contribution in [0.5, 0.6) is 5.75 Å². The van der Waals surface area contributed by atoms with E-state index in [0.717, 1.165) is 44.4 Å². The summed E-state index contributed by atoms with van der Waals surface area (Å²) < 4.78 is 14.0. The van der Waals surface area contributed by atoms with E-state index < -0.39 is 47.2 Å². The van der Waals surface area contributed by atoms with Crippen molar-refractivity contribution in [2.75, 3.05) is 46.9 Å². The molecule has 2 aromatic heterocycles. The summed E-state index contributed by atoms with van der Waals surface area (Å²) in [5.74, 6) is -2.51. The lowest BCUT2D eigenvalue weighted by atomic mass is 9.84. The summed E-state index contributed by atoms with van der Waals surface area (Å²) in [5.41, 5.74) is 9.77. The zero-order valence-electron chi connectivity index (χ0n) is 39.2. The van der Waals surface area contributed by atoms with Crippen LogP contribution in [-0.2, 0) is 59.4 Å². The number of likely N-dealkylation sites (N-methyl/N-ethyl adjacent to an activating group) is 1. The molecular formula is C50H64N8O8. The molecule has 1 unspecified atom stereocenters. The lowest BCUT2D eigenvalue weighted by Crippen LogP contribution is -2.62. The van der Waals surface area contributed by atoms with Crippen molar-refractivity contribution in [3.05, 3.63) is 71.5 Å². The third-order valence-electron chi connectivity index (χ3n) is 13.5. The van der Waals surface area contributed by atoms with Gasteiger partial charge in [-0.1, -0.05) is 39.8 Å². The summed E-state index contributed by atoms with van der Waals surface area (Å²) in [6, 6.07) is 10.3. The van der Waals surface area contributed by atoms with E-state index in [9.17, 15) is 29.1 Å². The Kier molecular flexibility index (Phi) is 13.6. The zero-order chi connectivity index (χ0) is 47.0. The number of phenolic OH excluding ortho intramolecular Hbond substituents is 1. The number of benzene rings is 2. The van der Waals surface area contributed by atoms with Gasteiger partial charge in [0.25, 0.3) is 5.91 Å². The summed E-state index contributed by atoms with van der Waals surface area (Å²) in [6.45, 7) is 12.8. The van der Waals surface area contributed by atoms with Gasteiger partial charge in [-0.25, -0.2) is 5.43 Å². The molecule has 0 radical (unpaired) electrons. The Morgan fingerprint density at radius 1 is 1.08 bits per heavy atom. The fourth-order valence-corrected chi connectivity index (χ4v) is 10.2. The largest absolute Gasteiger partial charge is 0.508 e. The van der Waals surface area contributed by atoms with Gasteiger partial charge in [-0.15, -0.1) is 0 Å². The highest BCUT2D eigenvalue weighted by Gasteiger charge is 2.42. The lowest BCUT2D eigenvalue weighted by Gasteiger charge is -2.37. The van der Waals surface area contributed by atoms with Crippen molar-refractivity contribution in [1.29, 1.82) is 0 Å². The molecule has 4 N–H and O–H groups in total. The minimum atomic E-state index is -1.15. The van der Waals surface area contributed by atoms with Gasteiger partial charge in [0.1, 0.15) is 23.9 Å². The number of rotatable bonds is 10. The standard InChI is InChI=1S/C50H64N8O8/c1-8-57-42-12-11-31-22-36(42)37(44(57)38-24-51-15-13-33(38)27-65-7)23-50(4,5)28-66-49(64)39-10-9-16-58(54-39)48(63)40(20-30-18-34(31)21-35(59)19-30)53-45(60)43(29(2)3)55(6)46(61)32-14-17-56(26-32)47(62)41-25-52-41/h11-13,15,18-19,21-22,24,29,32,39-41,43,52,54,59H,8-10,14,16-17,20,23,25-28H2,1-7H3,(H,53,60)/t32-,39-,40-,41+,43?/m0/s1. The first-order chi connectivity index (χ1) is 31.6. The number of methoxy groups -OCH3 is 1. The smallest absolute Gasteiger partial charge is 0.324 e. The number of amides is 4. The number of hydrazine groups is 1. The highest BCUT2D eigenvalue weighted by atomic mass is 16.5. The molecule has 5 atom stereocenters. The zero-order valence-corrected chi connectivity index (χ0v) is 39.2. The molecule has 4 aromatic rings. The number of fused-ring (bicyclic) bond motifs is 6. The van der Waals surface area contributed by atoms with Gasteiger partial charge in [0, 0.05) is 87.6 Å². The van der Waals surface area contributed by atoms with E-state index in [0.29, 0.717) is 57.5 Å². The predicted molar refractivity (Wildman–Crippen MR) is 248 cm³/mol. The highest BCUT2D eigenvalue weighted by Crippen LogP contribution is 2.41. The molecule has 4 aliphatic heterocycles. The number of carbonyl (C=O) groups is 5. The number of esters is 1. The summed E-state index contributed by atoms with van der Waals surface area (Å²) in [6.07, 6.45) is 5.64. The number of nitrogens with one attached hydrogen (secondary N) is 3. The lowest BCUT2D eigenvalue weighted by molar-refractivity contribution is -0.155. The maximum absolute atomic E-state index is 14.7. The Morgan fingerprint density at radius 2 is 1.86 bits per heavy atom. The summed E-state index contributed by atoms with van der Waals surface area (Å²) in [7, 11) is 3.28. The average molecular weight is 905 g/mol. The summed E-state index contributed by atoms with van der Waals surface area (Å²) in [4.78, 5) is 77.6. The van der Waals surface area contributed by atoms with Crippen molar-refractivity contribution in [2.45, 2.75) is 104 Å². The predicted octanol–water partition coefficient (Wildman–Crippen LogP) is 4.19. The molecule has 4 amide bonds. The third-order valence-corrected chi connectivity index (χ3v) is 13.5. The number of hydrogen-bond acceptors (Lipinski definition) is 11. The van der Waals surface area contributed by atoms with Crippen molar-refractivity contribution >= 4 is 40.5 Å². The van der Waals surface area contributed by atoms with Crippen LogP contribution in [0.3, 0.4) is 0 Å². The maximum Gasteiger partial charge on any atom is 0.324 e. The van der Waals surface area contributed by atoms with Gasteiger partial charge < -0.3 is 39.6 Å². The second kappa shape index (κ2) is 19.2. The van der Waals surface area contributed by atoms with Gasteiger partial charge in [0.2, 0.25) is 17.7 Å². The molecule has 6 bridgehead atoms. The molecule has 16 nitrogen and oxygen atoms in total. The molecule has 3 fully saturated rings. The molecule has 4 aliphatic rings. The Morgan fingerprint density at radius 3 is 2.59 bits per heavy atom. The highest BCUT2D eigenvalue weighted by molar-refractivity contribution is 5.96. The minimum Gasteiger partial charge on any atom is -0.508 e. The summed E-state index contributed by atoms with van der Waals surface area (Å²) in [5, 5.41) is 19.8. The van der Waals surface area contributed by atoms with Gasteiger partial charge in [-0.2, -0.15) is 0 Å². The number of hydrogen-bond donors (Lipinski definition) is 4. The van der Waals surface area contributed by atoms with E-state index in [2.05, 4.69) is 58.5 Å². The van der Waals surface area contributed by atoms with Gasteiger partial charge in [-0.3, -0.25) is 34.0 Å². The van der Waals surface area contributed by atoms with Crippen LogP contribution in [-0.4, -0.2) is 130 Å². The molecule has 352 valence electrons. The number of carbonyl (C=O) groups excluding carboxylic acids is 5. The Balaban J connectivity index is 1.17. The number of pyridine rings is 1. The molecule has 0 saturated carbocycles. The first-order valence-electron chi connectivity index (χ1n) is 23.3. The SMILES string of the molecule is CCn1c(-c2cnccc2COC)c2c3cc(ccc31)-c1cc(O)cc(c1)C[C@H](NC(=O)C(C(C)C)N(C)C(=O)[C@H]1CCN(C(=O)[C@H]3CN3)C1)C(=O)N1CCC[C@H](N1)C(=O)OCC(C)(C)C2. The Bertz CT molecular complexity index is 2510. The Labute approximate surface area is 386 Å². The van der Waals surface area contributed by atoms with Gasteiger partial charge in [-0.05, 0) is 96.7 Å². The molecule has 16 heteroatoms. The first kappa shape index (κ1) is 46.7. The second-order valence-electron chi connectivity index (χ2n) is 19.6. The van der Waals surface area contributed by atoms with Crippen LogP contribution in [0, 0.1) is 17.3 Å². The van der Waals surface area contributed by atoms with E-state index in [4.69, 9.17) is 9.47 Å². The monoisotopic (exact) mass is 904 g/mol. The van der Waals surface area contributed by atoms with E-state index >= 15 is 0 Å². The first-order valence-corrected chi connectivity index (χ1v) is 23.3. The summed E-state index contributed by atoms with van der Waals surface area (Å²) >= 11 is 0. The maximum atomic E-state index is 14.7. The molecular weight excluding hydrogens is 841 g/mol. The number of likely N-dealkylation sites (tertiary alicyclic amines) is 1. The van der Waals surface area contributed by atoms with Gasteiger partial charge >= 0.3 is 5.97 Å². The fraction of sp³-hybridized carbons (Fsp3) is 0.520. The van der Waals surface area contributed by atoms with Gasteiger partial charge in [0.05, 0.1) is 30.9 Å². The van der Waals surface area contributed by atoms with E-state index in [1.165, 1.54) is 9.91 Å². The van der Waals surface area contributed by atoms with Crippen molar-refractivity contribution in [3.63, 3.8) is 0 Å². The van der Waals surface area contributed by atoms with Crippen LogP contribution >= 0.6 is 0 Å². The van der Waals surface area contributed by atoms with E-state index in [1.54, 1.807) is 37.4 Å². The second-order valence-corrected chi connectivity index (χ2v) is 19.6. The van der Waals surface area contributed by atoms with Crippen LogP contribution in [0.25, 0.3) is 33.3 Å². The number of nitrogens with zero attached hydrogens (tertiary/aromatic N) is 5. The number of aromatic hydroxyl groups is 1.